The summed E-state index contributed by atoms with van der Waals surface area (Å²) in [6.07, 6.45) is 3.10. The van der Waals surface area contributed by atoms with Gasteiger partial charge in [-0.1, -0.05) is 23.4 Å². The number of carbonyl (C=O) groups is 1. The Hall–Kier alpha value is -3.59. The summed E-state index contributed by atoms with van der Waals surface area (Å²) in [5.41, 5.74) is 4.00. The SMILES string of the molecule is Cc1cc(-n2c(C)cc(/C=C/C(=O)OCc3ccccc3C#N)c2C)no1. The van der Waals surface area contributed by atoms with Crippen molar-refractivity contribution in [2.45, 2.75) is 27.4 Å². The van der Waals surface area contributed by atoms with E-state index in [4.69, 9.17) is 14.5 Å². The number of esters is 1. The number of nitriles is 1. The lowest BCUT2D eigenvalue weighted by atomic mass is 10.1. The van der Waals surface area contributed by atoms with E-state index >= 15 is 0 Å². The number of nitrogens with zero attached hydrogens (tertiary/aromatic N) is 3. The molecule has 27 heavy (non-hydrogen) atoms. The van der Waals surface area contributed by atoms with Crippen molar-refractivity contribution >= 4 is 12.0 Å². The van der Waals surface area contributed by atoms with Crippen LogP contribution in [0.15, 0.2) is 47.0 Å². The summed E-state index contributed by atoms with van der Waals surface area (Å²) >= 11 is 0. The molecule has 0 bridgehead atoms. The maximum atomic E-state index is 12.0. The zero-order valence-electron chi connectivity index (χ0n) is 15.4. The van der Waals surface area contributed by atoms with Crippen LogP contribution in [0.3, 0.4) is 0 Å². The van der Waals surface area contributed by atoms with E-state index in [-0.39, 0.29) is 6.61 Å². The number of hydrogen-bond acceptors (Lipinski definition) is 5. The fourth-order valence-electron chi connectivity index (χ4n) is 2.88. The van der Waals surface area contributed by atoms with Gasteiger partial charge in [0.15, 0.2) is 5.82 Å². The minimum atomic E-state index is -0.468. The Morgan fingerprint density at radius 2 is 2.07 bits per heavy atom. The van der Waals surface area contributed by atoms with E-state index in [1.807, 2.05) is 37.5 Å². The molecule has 3 rings (SSSR count). The highest BCUT2D eigenvalue weighted by Gasteiger charge is 2.12. The number of rotatable bonds is 5. The molecule has 0 spiro atoms. The minimum Gasteiger partial charge on any atom is -0.458 e. The number of ether oxygens (including phenoxy) is 1. The molecule has 0 aliphatic carbocycles. The molecule has 0 amide bonds. The molecule has 2 heterocycles. The second kappa shape index (κ2) is 7.75. The summed E-state index contributed by atoms with van der Waals surface area (Å²) in [5, 5.41) is 13.1. The molecule has 1 aromatic carbocycles. The van der Waals surface area contributed by atoms with Crippen LogP contribution in [0.2, 0.25) is 0 Å². The Balaban J connectivity index is 1.71. The molecule has 0 N–H and O–H groups in total. The summed E-state index contributed by atoms with van der Waals surface area (Å²) < 4.78 is 12.4. The smallest absolute Gasteiger partial charge is 0.331 e. The van der Waals surface area contributed by atoms with Gasteiger partial charge >= 0.3 is 5.97 Å². The lowest BCUT2D eigenvalue weighted by Gasteiger charge is -2.04. The van der Waals surface area contributed by atoms with Crippen LogP contribution in [0, 0.1) is 32.1 Å². The zero-order valence-corrected chi connectivity index (χ0v) is 15.4. The highest BCUT2D eigenvalue weighted by atomic mass is 16.5. The average molecular weight is 361 g/mol. The lowest BCUT2D eigenvalue weighted by molar-refractivity contribution is -0.138. The summed E-state index contributed by atoms with van der Waals surface area (Å²) in [6.45, 7) is 5.81. The van der Waals surface area contributed by atoms with E-state index in [2.05, 4.69) is 11.2 Å². The Kier molecular flexibility index (Phi) is 5.23. The molecule has 3 aromatic rings. The van der Waals surface area contributed by atoms with Gasteiger partial charge in [0.1, 0.15) is 12.4 Å². The average Bonchev–Trinajstić information content (AvgIpc) is 3.20. The molecule has 2 aromatic heterocycles. The van der Waals surface area contributed by atoms with Crippen molar-refractivity contribution in [3.05, 3.63) is 76.3 Å². The maximum Gasteiger partial charge on any atom is 0.331 e. The van der Waals surface area contributed by atoms with E-state index in [9.17, 15) is 4.79 Å². The van der Waals surface area contributed by atoms with Crippen molar-refractivity contribution in [2.75, 3.05) is 0 Å². The van der Waals surface area contributed by atoms with Crippen molar-refractivity contribution in [3.8, 4) is 11.9 Å². The number of aryl methyl sites for hydroxylation is 2. The van der Waals surface area contributed by atoms with Crippen LogP contribution in [-0.4, -0.2) is 15.7 Å². The molecule has 6 heteroatoms. The second-order valence-electron chi connectivity index (χ2n) is 6.17. The van der Waals surface area contributed by atoms with Gasteiger partial charge in [0.2, 0.25) is 0 Å². The van der Waals surface area contributed by atoms with E-state index in [1.54, 1.807) is 30.3 Å². The number of hydrogen-bond donors (Lipinski definition) is 0. The molecule has 0 unspecified atom stereocenters. The molecule has 136 valence electrons. The van der Waals surface area contributed by atoms with Crippen LogP contribution in [-0.2, 0) is 16.1 Å². The molecule has 0 aliphatic rings. The Morgan fingerprint density at radius 3 is 2.78 bits per heavy atom. The third-order valence-corrected chi connectivity index (χ3v) is 4.22. The number of carbonyl (C=O) groups excluding carboxylic acids is 1. The molecule has 0 atom stereocenters. The Labute approximate surface area is 157 Å². The van der Waals surface area contributed by atoms with Gasteiger partial charge in [0.25, 0.3) is 0 Å². The quantitative estimate of drug-likeness (QED) is 0.506. The minimum absolute atomic E-state index is 0.0597. The van der Waals surface area contributed by atoms with Crippen molar-refractivity contribution in [3.63, 3.8) is 0 Å². The molecule has 0 saturated heterocycles. The number of benzene rings is 1. The zero-order chi connectivity index (χ0) is 19.4. The Bertz CT molecular complexity index is 1050. The first-order chi connectivity index (χ1) is 13.0. The molecule has 6 nitrogen and oxygen atoms in total. The Morgan fingerprint density at radius 1 is 1.30 bits per heavy atom. The standard InChI is InChI=1S/C21H19N3O3/c1-14-10-17(16(3)24(14)20-11-15(2)27-23-20)8-9-21(25)26-13-19-7-5-4-6-18(19)12-22/h4-11H,13H2,1-3H3/b9-8+. The first-order valence-electron chi connectivity index (χ1n) is 8.45. The van der Waals surface area contributed by atoms with E-state index in [0.29, 0.717) is 16.9 Å². The summed E-state index contributed by atoms with van der Waals surface area (Å²) in [4.78, 5) is 12.0. The van der Waals surface area contributed by atoms with Gasteiger partial charge < -0.3 is 9.26 Å². The summed E-state index contributed by atoms with van der Waals surface area (Å²) in [7, 11) is 0. The van der Waals surface area contributed by atoms with Crippen LogP contribution < -0.4 is 0 Å². The predicted octanol–water partition coefficient (Wildman–Crippen LogP) is 4.02. The highest BCUT2D eigenvalue weighted by Crippen LogP contribution is 2.21. The van der Waals surface area contributed by atoms with Crippen molar-refractivity contribution in [1.82, 2.24) is 9.72 Å². The molecule has 0 aliphatic heterocycles. The van der Waals surface area contributed by atoms with Gasteiger partial charge in [-0.25, -0.2) is 4.79 Å². The van der Waals surface area contributed by atoms with E-state index < -0.39 is 5.97 Å². The molecule has 0 fully saturated rings. The van der Waals surface area contributed by atoms with Crippen LogP contribution >= 0.6 is 0 Å². The maximum absolute atomic E-state index is 12.0. The van der Waals surface area contributed by atoms with Crippen LogP contribution in [0.4, 0.5) is 0 Å². The molecular weight excluding hydrogens is 342 g/mol. The van der Waals surface area contributed by atoms with Gasteiger partial charge in [0.05, 0.1) is 11.6 Å². The highest BCUT2D eigenvalue weighted by molar-refractivity contribution is 5.87. The van der Waals surface area contributed by atoms with E-state index in [0.717, 1.165) is 22.7 Å². The van der Waals surface area contributed by atoms with Crippen molar-refractivity contribution in [1.29, 1.82) is 5.26 Å². The molecular formula is C21H19N3O3. The number of aromatic nitrogens is 2. The third-order valence-electron chi connectivity index (χ3n) is 4.22. The van der Waals surface area contributed by atoms with E-state index in [1.165, 1.54) is 6.08 Å². The first-order valence-corrected chi connectivity index (χ1v) is 8.45. The lowest BCUT2D eigenvalue weighted by Crippen LogP contribution is -2.02. The predicted molar refractivity (Wildman–Crippen MR) is 100 cm³/mol. The van der Waals surface area contributed by atoms with Crippen LogP contribution in [0.25, 0.3) is 11.9 Å². The first kappa shape index (κ1) is 18.2. The monoisotopic (exact) mass is 361 g/mol. The van der Waals surface area contributed by atoms with Gasteiger partial charge in [0, 0.05) is 29.1 Å². The van der Waals surface area contributed by atoms with Gasteiger partial charge in [-0.3, -0.25) is 4.57 Å². The fraction of sp³-hybridized carbons (Fsp3) is 0.190. The summed E-state index contributed by atoms with van der Waals surface area (Å²) in [6, 6.07) is 12.9. The fourth-order valence-corrected chi connectivity index (χ4v) is 2.88. The van der Waals surface area contributed by atoms with Crippen LogP contribution in [0.1, 0.15) is 33.8 Å². The van der Waals surface area contributed by atoms with Crippen LogP contribution in [0.5, 0.6) is 0 Å². The van der Waals surface area contributed by atoms with Gasteiger partial charge in [-0.05, 0) is 44.5 Å². The molecule has 0 saturated carbocycles. The van der Waals surface area contributed by atoms with Crippen molar-refractivity contribution in [2.24, 2.45) is 0 Å². The third kappa shape index (κ3) is 3.98. The second-order valence-corrected chi connectivity index (χ2v) is 6.17. The summed E-state index contributed by atoms with van der Waals surface area (Å²) in [5.74, 6) is 0.971. The molecule has 0 radical (unpaired) electrons. The van der Waals surface area contributed by atoms with Gasteiger partial charge in [-0.15, -0.1) is 0 Å². The van der Waals surface area contributed by atoms with Crippen molar-refractivity contribution < 1.29 is 14.1 Å². The largest absolute Gasteiger partial charge is 0.458 e. The van der Waals surface area contributed by atoms with Gasteiger partial charge in [-0.2, -0.15) is 5.26 Å². The normalized spacial score (nSPS) is 10.9. The topological polar surface area (TPSA) is 81.0 Å².